The summed E-state index contributed by atoms with van der Waals surface area (Å²) in [7, 11) is 1.81. The lowest BCUT2D eigenvalue weighted by atomic mass is 10.2. The van der Waals surface area contributed by atoms with E-state index in [0.717, 1.165) is 24.2 Å². The molecule has 2 aromatic heterocycles. The quantitative estimate of drug-likeness (QED) is 0.862. The molecular weight excluding hydrogens is 230 g/mol. The topological polar surface area (TPSA) is 75.6 Å². The third kappa shape index (κ3) is 2.42. The number of carbonyl (C=O) groups is 1. The van der Waals surface area contributed by atoms with E-state index in [2.05, 4.69) is 27.5 Å². The zero-order valence-corrected chi connectivity index (χ0v) is 10.8. The van der Waals surface area contributed by atoms with Crippen molar-refractivity contribution in [1.82, 2.24) is 20.0 Å². The van der Waals surface area contributed by atoms with Gasteiger partial charge in [0.1, 0.15) is 0 Å². The third-order valence-corrected chi connectivity index (χ3v) is 2.87. The second-order valence-electron chi connectivity index (χ2n) is 4.25. The minimum Gasteiger partial charge on any atom is -0.305 e. The maximum atomic E-state index is 12.0. The van der Waals surface area contributed by atoms with Crippen LogP contribution in [0.3, 0.4) is 0 Å². The van der Waals surface area contributed by atoms with Crippen LogP contribution < -0.4 is 5.32 Å². The Morgan fingerprint density at radius 2 is 2.33 bits per heavy atom. The van der Waals surface area contributed by atoms with Crippen molar-refractivity contribution in [2.75, 3.05) is 5.32 Å². The molecule has 0 aliphatic heterocycles. The summed E-state index contributed by atoms with van der Waals surface area (Å²) < 4.78 is 1.67. The number of H-pyrrole nitrogens is 1. The van der Waals surface area contributed by atoms with Gasteiger partial charge in [0.05, 0.1) is 11.8 Å². The zero-order valence-electron chi connectivity index (χ0n) is 10.8. The summed E-state index contributed by atoms with van der Waals surface area (Å²) in [5.41, 5.74) is 2.42. The van der Waals surface area contributed by atoms with E-state index in [1.54, 1.807) is 17.9 Å². The summed E-state index contributed by atoms with van der Waals surface area (Å²) in [6.07, 6.45) is 3.52. The number of aromatic nitrogens is 4. The van der Waals surface area contributed by atoms with Crippen molar-refractivity contribution in [1.29, 1.82) is 0 Å². The predicted molar refractivity (Wildman–Crippen MR) is 68.5 cm³/mol. The average Bonchev–Trinajstić information content (AvgIpc) is 2.89. The van der Waals surface area contributed by atoms with Crippen LogP contribution in [0.25, 0.3) is 0 Å². The van der Waals surface area contributed by atoms with Gasteiger partial charge in [0, 0.05) is 24.5 Å². The molecule has 2 N–H and O–H groups in total. The van der Waals surface area contributed by atoms with Crippen molar-refractivity contribution < 1.29 is 4.79 Å². The van der Waals surface area contributed by atoms with Gasteiger partial charge in [-0.05, 0) is 13.3 Å². The van der Waals surface area contributed by atoms with Crippen LogP contribution in [0.2, 0.25) is 0 Å². The monoisotopic (exact) mass is 247 g/mol. The highest BCUT2D eigenvalue weighted by molar-refractivity contribution is 6.04. The minimum absolute atomic E-state index is 0.185. The first-order valence-corrected chi connectivity index (χ1v) is 5.96. The second kappa shape index (κ2) is 5.03. The van der Waals surface area contributed by atoms with E-state index in [9.17, 15) is 4.79 Å². The molecule has 2 rings (SSSR count). The average molecular weight is 247 g/mol. The van der Waals surface area contributed by atoms with Crippen LogP contribution in [-0.4, -0.2) is 25.9 Å². The van der Waals surface area contributed by atoms with Gasteiger partial charge in [0.2, 0.25) is 0 Å². The highest BCUT2D eigenvalue weighted by atomic mass is 16.1. The van der Waals surface area contributed by atoms with Crippen molar-refractivity contribution in [2.24, 2.45) is 7.05 Å². The molecule has 2 aromatic rings. The van der Waals surface area contributed by atoms with Crippen molar-refractivity contribution in [3.8, 4) is 0 Å². The summed E-state index contributed by atoms with van der Waals surface area (Å²) in [6.45, 7) is 3.95. The Labute approximate surface area is 105 Å². The number of rotatable bonds is 4. The van der Waals surface area contributed by atoms with E-state index < -0.39 is 0 Å². The molecule has 96 valence electrons. The van der Waals surface area contributed by atoms with Gasteiger partial charge >= 0.3 is 0 Å². The Balaban J connectivity index is 2.09. The number of carbonyl (C=O) groups excluding carboxylic acids is 1. The minimum atomic E-state index is -0.185. The molecule has 0 radical (unpaired) electrons. The summed E-state index contributed by atoms with van der Waals surface area (Å²) in [6, 6.07) is 1.85. The molecule has 0 spiro atoms. The van der Waals surface area contributed by atoms with Gasteiger partial charge in [-0.25, -0.2) is 0 Å². The van der Waals surface area contributed by atoms with E-state index in [4.69, 9.17) is 0 Å². The van der Waals surface area contributed by atoms with E-state index in [1.165, 1.54) is 0 Å². The molecule has 6 nitrogen and oxygen atoms in total. The number of hydrogen-bond donors (Lipinski definition) is 2. The first-order chi connectivity index (χ1) is 8.61. The SMILES string of the molecule is CCCc1cc(NC(=O)c2cnn(C)c2C)n[nH]1. The fourth-order valence-electron chi connectivity index (χ4n) is 1.73. The Kier molecular flexibility index (Phi) is 3.45. The summed E-state index contributed by atoms with van der Waals surface area (Å²) in [5, 5.41) is 13.7. The summed E-state index contributed by atoms with van der Waals surface area (Å²) in [5.74, 6) is 0.363. The van der Waals surface area contributed by atoms with Crippen LogP contribution in [-0.2, 0) is 13.5 Å². The van der Waals surface area contributed by atoms with Crippen LogP contribution in [0.4, 0.5) is 5.82 Å². The van der Waals surface area contributed by atoms with Gasteiger partial charge in [-0.1, -0.05) is 13.3 Å². The van der Waals surface area contributed by atoms with E-state index in [1.807, 2.05) is 13.0 Å². The van der Waals surface area contributed by atoms with Gasteiger partial charge in [-0.3, -0.25) is 14.6 Å². The third-order valence-electron chi connectivity index (χ3n) is 2.87. The largest absolute Gasteiger partial charge is 0.305 e. The molecule has 0 aromatic carbocycles. The number of nitrogens with zero attached hydrogens (tertiary/aromatic N) is 3. The van der Waals surface area contributed by atoms with Crippen LogP contribution in [0.5, 0.6) is 0 Å². The van der Waals surface area contributed by atoms with Crippen molar-refractivity contribution in [2.45, 2.75) is 26.7 Å². The second-order valence-corrected chi connectivity index (χ2v) is 4.25. The molecular formula is C12H17N5O. The number of nitrogens with one attached hydrogen (secondary N) is 2. The molecule has 0 fully saturated rings. The van der Waals surface area contributed by atoms with Gasteiger partial charge in [0.15, 0.2) is 5.82 Å². The molecule has 0 atom stereocenters. The van der Waals surface area contributed by atoms with Gasteiger partial charge in [-0.2, -0.15) is 10.2 Å². The molecule has 0 unspecified atom stereocenters. The lowest BCUT2D eigenvalue weighted by Crippen LogP contribution is -2.13. The van der Waals surface area contributed by atoms with Gasteiger partial charge < -0.3 is 5.32 Å². The number of hydrogen-bond acceptors (Lipinski definition) is 3. The molecule has 1 amide bonds. The van der Waals surface area contributed by atoms with Crippen LogP contribution >= 0.6 is 0 Å². The number of amides is 1. The lowest BCUT2D eigenvalue weighted by molar-refractivity contribution is 0.102. The zero-order chi connectivity index (χ0) is 13.1. The van der Waals surface area contributed by atoms with Crippen molar-refractivity contribution >= 4 is 11.7 Å². The number of aromatic amines is 1. The molecule has 0 bridgehead atoms. The number of anilines is 1. The number of aryl methyl sites for hydroxylation is 2. The maximum absolute atomic E-state index is 12.0. The van der Waals surface area contributed by atoms with Gasteiger partial charge in [0.25, 0.3) is 5.91 Å². The molecule has 18 heavy (non-hydrogen) atoms. The maximum Gasteiger partial charge on any atom is 0.260 e. The first kappa shape index (κ1) is 12.3. The van der Waals surface area contributed by atoms with Crippen molar-refractivity contribution in [3.63, 3.8) is 0 Å². The normalized spacial score (nSPS) is 10.6. The predicted octanol–water partition coefficient (Wildman–Crippen LogP) is 1.66. The Bertz CT molecular complexity index is 555. The molecule has 0 saturated carbocycles. The summed E-state index contributed by atoms with van der Waals surface area (Å²) in [4.78, 5) is 12.0. The molecule has 6 heteroatoms. The van der Waals surface area contributed by atoms with E-state index in [0.29, 0.717) is 11.4 Å². The standard InChI is InChI=1S/C12H17N5O/c1-4-5-9-6-11(16-15-9)14-12(18)10-7-13-17(3)8(10)2/h6-7H,4-5H2,1-3H3,(H2,14,15,16,18). The fraction of sp³-hybridized carbons (Fsp3) is 0.417. The van der Waals surface area contributed by atoms with Crippen LogP contribution in [0.15, 0.2) is 12.3 Å². The summed E-state index contributed by atoms with van der Waals surface area (Å²) >= 11 is 0. The fourth-order valence-corrected chi connectivity index (χ4v) is 1.73. The Morgan fingerprint density at radius 1 is 1.56 bits per heavy atom. The molecule has 0 aliphatic rings. The van der Waals surface area contributed by atoms with E-state index >= 15 is 0 Å². The Morgan fingerprint density at radius 3 is 2.94 bits per heavy atom. The Hall–Kier alpha value is -2.11. The highest BCUT2D eigenvalue weighted by Gasteiger charge is 2.14. The van der Waals surface area contributed by atoms with Crippen LogP contribution in [0.1, 0.15) is 35.1 Å². The lowest BCUT2D eigenvalue weighted by Gasteiger charge is -2.00. The van der Waals surface area contributed by atoms with Crippen LogP contribution in [0, 0.1) is 6.92 Å². The first-order valence-electron chi connectivity index (χ1n) is 5.96. The van der Waals surface area contributed by atoms with E-state index in [-0.39, 0.29) is 5.91 Å². The highest BCUT2D eigenvalue weighted by Crippen LogP contribution is 2.11. The molecule has 0 saturated heterocycles. The smallest absolute Gasteiger partial charge is 0.260 e. The van der Waals surface area contributed by atoms with Gasteiger partial charge in [-0.15, -0.1) is 0 Å². The molecule has 0 aliphatic carbocycles. The van der Waals surface area contributed by atoms with Crippen molar-refractivity contribution in [3.05, 3.63) is 29.2 Å². The molecule has 2 heterocycles.